The second kappa shape index (κ2) is 8.44. The van der Waals surface area contributed by atoms with E-state index in [1.807, 2.05) is 30.3 Å². The molecule has 5 nitrogen and oxygen atoms in total. The Hall–Kier alpha value is -2.53. The first-order chi connectivity index (χ1) is 13.0. The molecular weight excluding hydrogens is 338 g/mol. The fraction of sp³-hybridized carbons (Fsp3) is 0.409. The average Bonchev–Trinajstić information content (AvgIpc) is 2.69. The molecule has 144 valence electrons. The van der Waals surface area contributed by atoms with Crippen molar-refractivity contribution in [2.45, 2.75) is 32.1 Å². The number of nitrogens with one attached hydrogen (secondary N) is 1. The molecule has 5 heteroatoms. The minimum atomic E-state index is -0.130. The highest BCUT2D eigenvalue weighted by Crippen LogP contribution is 2.40. The van der Waals surface area contributed by atoms with Crippen LogP contribution in [0.2, 0.25) is 0 Å². The highest BCUT2D eigenvalue weighted by Gasteiger charge is 2.37. The fourth-order valence-electron chi connectivity index (χ4n) is 3.57. The number of methoxy groups -OCH3 is 1. The summed E-state index contributed by atoms with van der Waals surface area (Å²) in [5, 5.41) is 3.18. The van der Waals surface area contributed by atoms with Gasteiger partial charge in [0.2, 0.25) is 0 Å². The summed E-state index contributed by atoms with van der Waals surface area (Å²) >= 11 is 0. The smallest absolute Gasteiger partial charge is 0.193 e. The molecule has 1 aliphatic rings. The van der Waals surface area contributed by atoms with Gasteiger partial charge in [-0.2, -0.15) is 0 Å². The van der Waals surface area contributed by atoms with Crippen molar-refractivity contribution in [2.24, 2.45) is 10.7 Å². The maximum Gasteiger partial charge on any atom is 0.193 e. The Morgan fingerprint density at radius 1 is 1.11 bits per heavy atom. The maximum atomic E-state index is 6.17. The van der Waals surface area contributed by atoms with Gasteiger partial charge in [0.1, 0.15) is 5.75 Å². The number of guanidine groups is 1. The van der Waals surface area contributed by atoms with Gasteiger partial charge in [-0.1, -0.05) is 35.4 Å². The third kappa shape index (κ3) is 4.61. The number of benzene rings is 2. The quantitative estimate of drug-likeness (QED) is 0.623. The molecule has 2 aromatic rings. The molecule has 27 heavy (non-hydrogen) atoms. The van der Waals surface area contributed by atoms with Crippen LogP contribution in [0.15, 0.2) is 47.5 Å². The highest BCUT2D eigenvalue weighted by molar-refractivity contribution is 5.92. The van der Waals surface area contributed by atoms with Crippen molar-refractivity contribution < 1.29 is 9.47 Å². The molecule has 0 saturated carbocycles. The van der Waals surface area contributed by atoms with Crippen molar-refractivity contribution in [3.63, 3.8) is 0 Å². The summed E-state index contributed by atoms with van der Waals surface area (Å²) in [5.41, 5.74) is 10.6. The standard InChI is InChI=1S/C22H29N3O2/c1-16-4-7-18(8-5-16)25-21(23)24-15-22(10-12-27-13-11-22)19-14-17(2)6-9-20(19)26-3/h4-9,14H,10-13,15H2,1-3H3,(H3,23,24,25). The molecule has 0 bridgehead atoms. The maximum absolute atomic E-state index is 6.17. The van der Waals surface area contributed by atoms with Crippen LogP contribution in [0.4, 0.5) is 5.69 Å². The number of anilines is 1. The van der Waals surface area contributed by atoms with Crippen LogP contribution in [0.5, 0.6) is 5.75 Å². The van der Waals surface area contributed by atoms with E-state index in [0.717, 1.165) is 37.5 Å². The number of nitrogens with zero attached hydrogens (tertiary/aromatic N) is 1. The zero-order valence-electron chi connectivity index (χ0n) is 16.4. The van der Waals surface area contributed by atoms with Crippen molar-refractivity contribution >= 4 is 11.6 Å². The molecule has 0 unspecified atom stereocenters. The third-order valence-electron chi connectivity index (χ3n) is 5.25. The number of hydrogen-bond donors (Lipinski definition) is 2. The summed E-state index contributed by atoms with van der Waals surface area (Å²) in [6.45, 7) is 6.20. The van der Waals surface area contributed by atoms with Crippen LogP contribution in [0.1, 0.15) is 29.5 Å². The molecule has 0 aromatic heterocycles. The van der Waals surface area contributed by atoms with Gasteiger partial charge in [-0.3, -0.25) is 4.99 Å². The Kier molecular flexibility index (Phi) is 6.01. The highest BCUT2D eigenvalue weighted by atomic mass is 16.5. The van der Waals surface area contributed by atoms with E-state index in [2.05, 4.69) is 31.3 Å². The lowest BCUT2D eigenvalue weighted by Crippen LogP contribution is -2.38. The molecule has 1 saturated heterocycles. The van der Waals surface area contributed by atoms with E-state index in [0.29, 0.717) is 12.5 Å². The van der Waals surface area contributed by atoms with Crippen molar-refractivity contribution in [3.8, 4) is 5.75 Å². The molecule has 3 rings (SSSR count). The van der Waals surface area contributed by atoms with E-state index in [4.69, 9.17) is 20.2 Å². The van der Waals surface area contributed by atoms with Crippen molar-refractivity contribution in [3.05, 3.63) is 59.2 Å². The first-order valence-electron chi connectivity index (χ1n) is 9.39. The number of hydrogen-bond acceptors (Lipinski definition) is 3. The summed E-state index contributed by atoms with van der Waals surface area (Å²) in [7, 11) is 1.72. The second-order valence-electron chi connectivity index (χ2n) is 7.29. The van der Waals surface area contributed by atoms with Gasteiger partial charge in [0, 0.05) is 29.9 Å². The Morgan fingerprint density at radius 3 is 2.44 bits per heavy atom. The van der Waals surface area contributed by atoms with Gasteiger partial charge >= 0.3 is 0 Å². The van der Waals surface area contributed by atoms with Crippen molar-refractivity contribution in [1.29, 1.82) is 0 Å². The van der Waals surface area contributed by atoms with E-state index in [9.17, 15) is 0 Å². The van der Waals surface area contributed by atoms with Crippen molar-refractivity contribution in [1.82, 2.24) is 0 Å². The lowest BCUT2D eigenvalue weighted by Gasteiger charge is -2.37. The lowest BCUT2D eigenvalue weighted by molar-refractivity contribution is 0.0523. The Balaban J connectivity index is 1.85. The molecule has 1 fully saturated rings. The Bertz CT molecular complexity index is 794. The Labute approximate surface area is 161 Å². The normalized spacial score (nSPS) is 16.8. The zero-order valence-corrected chi connectivity index (χ0v) is 16.4. The number of aryl methyl sites for hydroxylation is 2. The molecule has 1 heterocycles. The largest absolute Gasteiger partial charge is 0.496 e. The summed E-state index contributed by atoms with van der Waals surface area (Å²) in [4.78, 5) is 4.69. The van der Waals surface area contributed by atoms with E-state index in [-0.39, 0.29) is 5.41 Å². The van der Waals surface area contributed by atoms with E-state index in [1.165, 1.54) is 16.7 Å². The number of aliphatic imine (C=N–C) groups is 1. The molecular formula is C22H29N3O2. The summed E-state index contributed by atoms with van der Waals surface area (Å²) in [6.07, 6.45) is 1.79. The van der Waals surface area contributed by atoms with E-state index >= 15 is 0 Å². The van der Waals surface area contributed by atoms with Crippen LogP contribution >= 0.6 is 0 Å². The molecule has 0 aliphatic carbocycles. The number of nitrogens with two attached hydrogens (primary N) is 1. The summed E-state index contributed by atoms with van der Waals surface area (Å²) < 4.78 is 11.3. The van der Waals surface area contributed by atoms with E-state index in [1.54, 1.807) is 7.11 Å². The second-order valence-corrected chi connectivity index (χ2v) is 7.29. The first kappa shape index (κ1) is 19.2. The van der Waals surface area contributed by atoms with Crippen LogP contribution in [0.3, 0.4) is 0 Å². The van der Waals surface area contributed by atoms with Crippen LogP contribution in [0.25, 0.3) is 0 Å². The zero-order chi connectivity index (χ0) is 19.3. The van der Waals surface area contributed by atoms with Crippen LogP contribution < -0.4 is 15.8 Å². The third-order valence-corrected chi connectivity index (χ3v) is 5.25. The van der Waals surface area contributed by atoms with Gasteiger partial charge in [0.05, 0.1) is 13.7 Å². The molecule has 1 aliphatic heterocycles. The summed E-state index contributed by atoms with van der Waals surface area (Å²) in [5.74, 6) is 1.33. The van der Waals surface area contributed by atoms with Gasteiger partial charge < -0.3 is 20.5 Å². The van der Waals surface area contributed by atoms with Crippen molar-refractivity contribution in [2.75, 3.05) is 32.2 Å². The Morgan fingerprint density at radius 2 is 1.78 bits per heavy atom. The van der Waals surface area contributed by atoms with Crippen LogP contribution in [0, 0.1) is 13.8 Å². The molecule has 0 amide bonds. The van der Waals surface area contributed by atoms with Crippen LogP contribution in [-0.4, -0.2) is 32.8 Å². The lowest BCUT2D eigenvalue weighted by atomic mass is 9.73. The van der Waals surface area contributed by atoms with Crippen LogP contribution in [-0.2, 0) is 10.2 Å². The molecule has 2 aromatic carbocycles. The average molecular weight is 367 g/mol. The van der Waals surface area contributed by atoms with Gasteiger partial charge in [0.25, 0.3) is 0 Å². The number of ether oxygens (including phenoxy) is 2. The van der Waals surface area contributed by atoms with Gasteiger partial charge in [0.15, 0.2) is 5.96 Å². The van der Waals surface area contributed by atoms with E-state index < -0.39 is 0 Å². The first-order valence-corrected chi connectivity index (χ1v) is 9.39. The molecule has 0 atom stereocenters. The topological polar surface area (TPSA) is 68.9 Å². The minimum Gasteiger partial charge on any atom is -0.496 e. The fourth-order valence-corrected chi connectivity index (χ4v) is 3.57. The number of rotatable bonds is 5. The molecule has 0 spiro atoms. The van der Waals surface area contributed by atoms with Gasteiger partial charge in [-0.05, 0) is 44.9 Å². The summed E-state index contributed by atoms with van der Waals surface area (Å²) in [6, 6.07) is 14.4. The SMILES string of the molecule is COc1ccc(C)cc1C1(CN=C(N)Nc2ccc(C)cc2)CCOCC1. The van der Waals surface area contributed by atoms with Gasteiger partial charge in [-0.15, -0.1) is 0 Å². The predicted octanol–water partition coefficient (Wildman–Crippen LogP) is 3.79. The predicted molar refractivity (Wildman–Crippen MR) is 111 cm³/mol. The van der Waals surface area contributed by atoms with Gasteiger partial charge in [-0.25, -0.2) is 0 Å². The molecule has 3 N–H and O–H groups in total. The monoisotopic (exact) mass is 367 g/mol. The minimum absolute atomic E-state index is 0.130. The molecule has 0 radical (unpaired) electrons.